The molecule has 27 rings (SSSR count). The van der Waals surface area contributed by atoms with Crippen LogP contribution in [0, 0.1) is 132 Å². The van der Waals surface area contributed by atoms with Gasteiger partial charge in [0.1, 0.15) is 122 Å². The number of allylic oxidation sites excluding steroid dienone is 1. The van der Waals surface area contributed by atoms with E-state index in [0.717, 1.165) is 240 Å². The van der Waals surface area contributed by atoms with Crippen LogP contribution in [0.1, 0.15) is 114 Å². The molecular weight excluding hydrogens is 2050 g/mol. The van der Waals surface area contributed by atoms with Gasteiger partial charge in [-0.25, -0.2) is 19.9 Å². The number of H-pyrrole nitrogens is 3. The monoisotopic (exact) mass is 2140 g/mol. The number of benzene rings is 6. The Morgan fingerprint density at radius 2 is 0.594 bits per heavy atom. The van der Waals surface area contributed by atoms with Crippen LogP contribution >= 0.6 is 138 Å². The Balaban J connectivity index is 0.000000100. The van der Waals surface area contributed by atoms with Gasteiger partial charge in [0.25, 0.3) is 0 Å². The van der Waals surface area contributed by atoms with Crippen molar-refractivity contribution in [2.24, 2.45) is 17.5 Å². The van der Waals surface area contributed by atoms with Crippen LogP contribution in [0.2, 0.25) is 0 Å². The summed E-state index contributed by atoms with van der Waals surface area (Å²) in [7, 11) is 0. The zero-order valence-corrected chi connectivity index (χ0v) is 92.2. The highest BCUT2D eigenvalue weighted by Gasteiger charge is 2.29. The third kappa shape index (κ3) is 19.2. The molecule has 6 aromatic carbocycles. The van der Waals surface area contributed by atoms with Crippen molar-refractivity contribution in [1.82, 2.24) is 107 Å². The highest BCUT2D eigenvalue weighted by atomic mass is 32.2. The van der Waals surface area contributed by atoms with Crippen LogP contribution in [-0.4, -0.2) is 107 Å². The Morgan fingerprint density at radius 3 is 1.06 bits per heavy atom. The standard InChI is InChI=1S/C16H15N5S.C16H14N4S2.C12H9N5S2.C12H8N4S3.C12H11N3S.2C12H10N2S2.C10H10N2S/c1-7-5-6-11(17-7)12-15-13(18-9(3)10(4)19-15)8(2)14-16(12)21-22-20-14;1-7-5-6-11(21-7)12-15-13(17-9(3)10(4)18-15)8(2)14-16(12)20-22-19-14;1-5-3-4-7(13-5)8-11-9(14-18-16-11)6(2)10-12(8)17-19-15-10;1-5-3-4-7(17-5)8-11-9(13-18-15-11)6(2)10-12(8)16-19-14-10;1-7-3-5-9(10-6-4-8(2)13-10)12-11(7)14-16-15-12;1-7-3-5-9(10-6-4-8(2)15-10)12-11(7)13-16-14-12;1-7-3-4-9(15-7)12-11-10(8(2)16-12)13-5-6-14-11;1-3-4-8-10-9(7(2)13-8)11-5-6-12-10/h5-6,17H,1-4H3;5-6H,1-4H3;3-4,13H,1-2H3;3-4H,1-2H3;3-6,13H,1-2H3;2*3-6H,1-2H3;3-6H,1-2H3/b;;;;;;;4-3+. The first-order valence-corrected chi connectivity index (χ1v) is 55.7. The minimum absolute atomic E-state index is 0.891. The summed E-state index contributed by atoms with van der Waals surface area (Å²) in [6, 6.07) is 38.0. The van der Waals surface area contributed by atoms with E-state index in [1.54, 1.807) is 81.5 Å². The molecule has 0 radical (unpaired) electrons. The Labute approximate surface area is 877 Å². The van der Waals surface area contributed by atoms with E-state index in [4.69, 9.17) is 19.9 Å². The molecule has 19 aromatic heterocycles. The second kappa shape index (κ2) is 41.4. The molecular formula is C102H87N27S14. The minimum atomic E-state index is 0.891. The molecule has 25 aromatic rings. The molecule has 0 aliphatic carbocycles. The fraction of sp³-hybridized carbons (Fsp3) is 0.196. The number of aromatic amines is 3. The number of hydrogen-bond donors (Lipinski definition) is 3. The highest BCUT2D eigenvalue weighted by Crippen LogP contribution is 2.52. The topological polar surface area (TPSA) is 355 Å². The number of thiophene rings is 6. The number of nitrogens with zero attached hydrogens (tertiary/aromatic N) is 24. The van der Waals surface area contributed by atoms with Gasteiger partial charge in [0.15, 0.2) is 0 Å². The van der Waals surface area contributed by atoms with Crippen molar-refractivity contribution in [3.63, 3.8) is 0 Å². The third-order valence-electron chi connectivity index (χ3n) is 24.1. The van der Waals surface area contributed by atoms with Crippen LogP contribution in [0.3, 0.4) is 0 Å². The third-order valence-corrected chi connectivity index (χ3v) is 34.7. The molecule has 0 bridgehead atoms. The van der Waals surface area contributed by atoms with Gasteiger partial charge in [-0.2, -0.15) is 69.9 Å². The van der Waals surface area contributed by atoms with E-state index < -0.39 is 0 Å². The zero-order valence-electron chi connectivity index (χ0n) is 80.8. The maximum atomic E-state index is 4.83. The fourth-order valence-electron chi connectivity index (χ4n) is 16.7. The van der Waals surface area contributed by atoms with E-state index in [2.05, 4.69) is 276 Å². The lowest BCUT2D eigenvalue weighted by atomic mass is 10.0. The summed E-state index contributed by atoms with van der Waals surface area (Å²) in [5.41, 5.74) is 46.4. The number of aromatic nitrogens is 23. The predicted octanol–water partition coefficient (Wildman–Crippen LogP) is 31.7. The first-order valence-electron chi connectivity index (χ1n) is 45.0. The summed E-state index contributed by atoms with van der Waals surface area (Å²) in [6.45, 7) is 41.1. The molecule has 0 unspecified atom stereocenters. The van der Waals surface area contributed by atoms with Crippen molar-refractivity contribution in [3.8, 4) is 74.8 Å². The zero-order chi connectivity index (χ0) is 99.4. The van der Waals surface area contributed by atoms with Crippen LogP contribution in [0.4, 0.5) is 22.7 Å². The van der Waals surface area contributed by atoms with Gasteiger partial charge < -0.3 is 15.0 Å². The molecule has 41 heteroatoms. The van der Waals surface area contributed by atoms with Gasteiger partial charge >= 0.3 is 0 Å². The summed E-state index contributed by atoms with van der Waals surface area (Å²) in [6.07, 6.45) is 11.1. The lowest BCUT2D eigenvalue weighted by Crippen LogP contribution is -1.99. The first-order chi connectivity index (χ1) is 69.2. The second-order valence-corrected chi connectivity index (χ2v) is 45.9. The van der Waals surface area contributed by atoms with E-state index in [0.29, 0.717) is 0 Å². The smallest absolute Gasteiger partial charge is 0.116 e. The van der Waals surface area contributed by atoms with Crippen LogP contribution in [-0.2, 0) is 22.7 Å². The van der Waals surface area contributed by atoms with Crippen molar-refractivity contribution in [2.75, 3.05) is 0 Å². The summed E-state index contributed by atoms with van der Waals surface area (Å²) in [5, 5.41) is 0. The molecule has 3 N–H and O–H groups in total. The van der Waals surface area contributed by atoms with Gasteiger partial charge in [-0.05, 0) is 241 Å². The Hall–Kier alpha value is -13.0. The van der Waals surface area contributed by atoms with Gasteiger partial charge in [-0.3, -0.25) is 19.9 Å². The normalized spacial score (nSPS) is 11.8. The molecule has 0 spiro atoms. The molecule has 27 nitrogen and oxygen atoms in total. The number of hydrogen-bond acceptors (Lipinski definition) is 36. The number of aryl methyl sites for hydroxylation is 19. The van der Waals surface area contributed by atoms with Gasteiger partial charge in [-0.15, -0.1) is 68.0 Å². The molecule has 2 aliphatic heterocycles. The molecule has 2 aliphatic rings. The average molecular weight is 2140 g/mol. The van der Waals surface area contributed by atoms with E-state index in [9.17, 15) is 0 Å². The lowest BCUT2D eigenvalue weighted by molar-refractivity contribution is 1.10. The molecule has 0 amide bonds. The van der Waals surface area contributed by atoms with Crippen LogP contribution in [0.25, 0.3) is 191 Å². The predicted molar refractivity (Wildman–Crippen MR) is 606 cm³/mol. The molecule has 714 valence electrons. The van der Waals surface area contributed by atoms with E-state index in [-0.39, 0.29) is 0 Å². The van der Waals surface area contributed by atoms with Crippen molar-refractivity contribution >= 4 is 300 Å². The number of rotatable bonds is 8. The molecule has 0 fully saturated rings. The number of fused-ring (bicyclic) bond motifs is 12. The minimum Gasteiger partial charge on any atom is -0.359 e. The molecule has 0 saturated carbocycles. The first kappa shape index (κ1) is 97.5. The van der Waals surface area contributed by atoms with Crippen molar-refractivity contribution in [2.45, 2.75) is 138 Å². The Bertz CT molecular complexity index is 8980. The largest absolute Gasteiger partial charge is 0.359 e. The van der Waals surface area contributed by atoms with E-state index >= 15 is 0 Å². The Morgan fingerprint density at radius 1 is 0.245 bits per heavy atom. The van der Waals surface area contributed by atoms with E-state index in [1.165, 1.54) is 168 Å². The van der Waals surface area contributed by atoms with Crippen molar-refractivity contribution < 1.29 is 0 Å². The molecule has 0 saturated heterocycles. The second-order valence-electron chi connectivity index (χ2n) is 34.1. The quantitative estimate of drug-likeness (QED) is 0.127. The summed E-state index contributed by atoms with van der Waals surface area (Å²) in [5.74, 6) is 0. The summed E-state index contributed by atoms with van der Waals surface area (Å²) < 4.78 is 70.9. The van der Waals surface area contributed by atoms with Gasteiger partial charge in [0.2, 0.25) is 0 Å². The Kier molecular flexibility index (Phi) is 28.2. The fourth-order valence-corrected chi connectivity index (χ4v) is 27.3. The highest BCUT2D eigenvalue weighted by molar-refractivity contribution is 7.58. The van der Waals surface area contributed by atoms with Crippen molar-refractivity contribution in [3.05, 3.63) is 247 Å². The molecule has 21 heterocycles. The number of nitrogens with one attached hydrogen (secondary N) is 3. The SMILES string of the molecule is C/C=C/c1sc(C)c2nccnc12.Cc1ccc(-c2c3c(c(C)c4nsnc24)N=S=N3)[nH]1.Cc1ccc(-c2c3c(c(C)c4nsnc24)N=S=N3)s1.Cc1ccc(-c2c3nsnc3c(C)c3nc(C)c(C)nc23)[nH]1.Cc1ccc(-c2c3nsnc3c(C)c3nc(C)c(C)nc23)s1.Cc1ccc(-c2ccc(C)c3nsnc23)[nH]1.Cc1ccc(-c2ccc(C)c3nsnc23)s1.Cc1ccc(-c2sc(C)c3nccnc23)s1. The maximum absolute atomic E-state index is 4.83. The van der Waals surface area contributed by atoms with Gasteiger partial charge in [0.05, 0.1) is 159 Å². The molecule has 0 atom stereocenters. The summed E-state index contributed by atoms with van der Waals surface area (Å²) >= 11 is 20.6. The van der Waals surface area contributed by atoms with E-state index in [1.807, 2.05) is 99.6 Å². The van der Waals surface area contributed by atoms with Crippen LogP contribution < -0.4 is 0 Å². The maximum Gasteiger partial charge on any atom is 0.116 e. The van der Waals surface area contributed by atoms with Crippen LogP contribution in [0.5, 0.6) is 0 Å². The average Bonchev–Trinajstić information content (AvgIpc) is 1.63. The molecule has 143 heavy (non-hydrogen) atoms. The summed E-state index contributed by atoms with van der Waals surface area (Å²) in [4.78, 5) is 61.7. The van der Waals surface area contributed by atoms with Crippen molar-refractivity contribution in [1.29, 1.82) is 0 Å². The van der Waals surface area contributed by atoms with Crippen LogP contribution in [0.15, 0.2) is 158 Å². The lowest BCUT2D eigenvalue weighted by Gasteiger charge is -2.10. The van der Waals surface area contributed by atoms with Gasteiger partial charge in [0, 0.05) is 141 Å². The van der Waals surface area contributed by atoms with Gasteiger partial charge in [-0.1, -0.05) is 30.3 Å².